The van der Waals surface area contributed by atoms with E-state index in [9.17, 15) is 4.79 Å². The van der Waals surface area contributed by atoms with Crippen LogP contribution in [0.15, 0.2) is 24.4 Å². The summed E-state index contributed by atoms with van der Waals surface area (Å²) in [5.41, 5.74) is 2.38. The number of rotatable bonds is 5. The summed E-state index contributed by atoms with van der Waals surface area (Å²) < 4.78 is 1.74. The molecule has 2 N–H and O–H groups in total. The molecule has 4 heterocycles. The molecule has 9 nitrogen and oxygen atoms in total. The highest BCUT2D eigenvalue weighted by Crippen LogP contribution is 2.31. The Balaban J connectivity index is 1.36. The van der Waals surface area contributed by atoms with E-state index in [2.05, 4.69) is 20.6 Å². The van der Waals surface area contributed by atoms with Crippen molar-refractivity contribution in [2.45, 2.75) is 31.8 Å². The fourth-order valence-electron chi connectivity index (χ4n) is 4.63. The van der Waals surface area contributed by atoms with E-state index in [1.54, 1.807) is 10.7 Å². The van der Waals surface area contributed by atoms with Crippen molar-refractivity contribution in [1.29, 1.82) is 0 Å². The van der Waals surface area contributed by atoms with Gasteiger partial charge in [-0.15, -0.1) is 0 Å². The molecular weight excluding hydrogens is 475 g/mol. The number of hydrogen-bond acceptors (Lipinski definition) is 7. The molecule has 2 saturated heterocycles. The van der Waals surface area contributed by atoms with E-state index in [1.807, 2.05) is 37.2 Å². The molecule has 2 fully saturated rings. The normalized spacial score (nSPS) is 19.6. The highest BCUT2D eigenvalue weighted by molar-refractivity contribution is 6.35. The van der Waals surface area contributed by atoms with Crippen LogP contribution in [0.5, 0.6) is 0 Å². The number of fused-ring (bicyclic) bond motifs is 1. The lowest BCUT2D eigenvalue weighted by molar-refractivity contribution is -0.133. The Hall–Kier alpha value is -2.62. The molecule has 1 aromatic carbocycles. The van der Waals surface area contributed by atoms with Crippen molar-refractivity contribution in [2.24, 2.45) is 7.05 Å². The minimum Gasteiger partial charge on any atom is -0.361 e. The fraction of sp³-hybridized carbons (Fsp3) is 0.478. The van der Waals surface area contributed by atoms with Gasteiger partial charge in [0.2, 0.25) is 11.9 Å². The number of anilines is 2. The minimum absolute atomic E-state index is 0.0356. The zero-order valence-corrected chi connectivity index (χ0v) is 20.8. The van der Waals surface area contributed by atoms with Gasteiger partial charge in [0.05, 0.1) is 18.3 Å². The molecule has 0 saturated carbocycles. The van der Waals surface area contributed by atoms with Gasteiger partial charge in [-0.2, -0.15) is 10.1 Å². The summed E-state index contributed by atoms with van der Waals surface area (Å²) in [5.74, 6) is 1.48. The van der Waals surface area contributed by atoms with Crippen molar-refractivity contribution in [3.63, 3.8) is 0 Å². The van der Waals surface area contributed by atoms with E-state index in [1.165, 1.54) is 0 Å². The second-order valence-corrected chi connectivity index (χ2v) is 9.75. The standard InChI is InChI=1S/C23H28Cl2N8O/c1-14(16-6-5-15(24)12-17(16)25)27-21-20-19(13-31(2)30-20)28-23(29-21)33-10-8-32(9-11-33)22(34)18-4-3-7-26-18/h5-6,12-14,18,26H,3-4,7-11H2,1-2H3,(H,27,28,29)/t14-,18+/m1/s1. The molecule has 3 aromatic rings. The molecule has 0 radical (unpaired) electrons. The number of piperazine rings is 1. The topological polar surface area (TPSA) is 91.2 Å². The maximum Gasteiger partial charge on any atom is 0.239 e. The third kappa shape index (κ3) is 4.64. The molecule has 2 aliphatic heterocycles. The minimum atomic E-state index is -0.119. The van der Waals surface area contributed by atoms with Gasteiger partial charge in [0, 0.05) is 43.3 Å². The van der Waals surface area contributed by atoms with E-state index in [0.29, 0.717) is 53.5 Å². The first-order valence-electron chi connectivity index (χ1n) is 11.6. The van der Waals surface area contributed by atoms with Crippen LogP contribution in [-0.4, -0.2) is 69.3 Å². The van der Waals surface area contributed by atoms with E-state index >= 15 is 0 Å². The fourth-order valence-corrected chi connectivity index (χ4v) is 5.20. The largest absolute Gasteiger partial charge is 0.361 e. The average Bonchev–Trinajstić information content (AvgIpc) is 3.48. The van der Waals surface area contributed by atoms with Crippen LogP contribution in [0, 0.1) is 0 Å². The van der Waals surface area contributed by atoms with Crippen LogP contribution in [0.1, 0.15) is 31.4 Å². The Morgan fingerprint density at radius 2 is 2.00 bits per heavy atom. The van der Waals surface area contributed by atoms with Crippen LogP contribution < -0.4 is 15.5 Å². The third-order valence-electron chi connectivity index (χ3n) is 6.48. The van der Waals surface area contributed by atoms with Crippen LogP contribution in [-0.2, 0) is 11.8 Å². The molecule has 34 heavy (non-hydrogen) atoms. The first kappa shape index (κ1) is 23.1. The predicted octanol–water partition coefficient (Wildman–Crippen LogP) is 3.24. The van der Waals surface area contributed by atoms with Crippen molar-refractivity contribution in [3.05, 3.63) is 40.0 Å². The van der Waals surface area contributed by atoms with Gasteiger partial charge in [-0.3, -0.25) is 9.48 Å². The number of aromatic nitrogens is 4. The highest BCUT2D eigenvalue weighted by Gasteiger charge is 2.30. The Labute approximate surface area is 208 Å². The lowest BCUT2D eigenvalue weighted by Crippen LogP contribution is -2.53. The molecule has 0 aliphatic carbocycles. The monoisotopic (exact) mass is 502 g/mol. The van der Waals surface area contributed by atoms with Gasteiger partial charge in [0.15, 0.2) is 11.3 Å². The SMILES string of the molecule is C[C@@H](Nc1nc(N2CCN(C(=O)[C@@H]3CCCN3)CC2)nc2cn(C)nc12)c1ccc(Cl)cc1Cl. The van der Waals surface area contributed by atoms with Crippen molar-refractivity contribution < 1.29 is 4.79 Å². The zero-order valence-electron chi connectivity index (χ0n) is 19.3. The van der Waals surface area contributed by atoms with Crippen LogP contribution in [0.4, 0.5) is 11.8 Å². The van der Waals surface area contributed by atoms with Crippen molar-refractivity contribution >= 4 is 51.9 Å². The van der Waals surface area contributed by atoms with Gasteiger partial charge in [-0.1, -0.05) is 29.3 Å². The molecule has 0 spiro atoms. The highest BCUT2D eigenvalue weighted by atomic mass is 35.5. The molecule has 11 heteroatoms. The van der Waals surface area contributed by atoms with Crippen LogP contribution >= 0.6 is 23.2 Å². The van der Waals surface area contributed by atoms with Gasteiger partial charge in [0.25, 0.3) is 0 Å². The number of carbonyl (C=O) groups is 1. The van der Waals surface area contributed by atoms with E-state index < -0.39 is 0 Å². The molecule has 2 atom stereocenters. The first-order chi connectivity index (χ1) is 16.4. The van der Waals surface area contributed by atoms with Crippen LogP contribution in [0.2, 0.25) is 10.0 Å². The molecule has 2 aliphatic rings. The van der Waals surface area contributed by atoms with Gasteiger partial charge in [0.1, 0.15) is 5.52 Å². The summed E-state index contributed by atoms with van der Waals surface area (Å²) in [4.78, 5) is 26.4. The summed E-state index contributed by atoms with van der Waals surface area (Å²) in [5, 5.41) is 12.5. The van der Waals surface area contributed by atoms with Gasteiger partial charge in [-0.25, -0.2) is 4.98 Å². The number of halogens is 2. The van der Waals surface area contributed by atoms with E-state index in [0.717, 1.165) is 30.5 Å². The summed E-state index contributed by atoms with van der Waals surface area (Å²) in [6, 6.07) is 5.32. The number of benzene rings is 1. The average molecular weight is 503 g/mol. The number of nitrogens with one attached hydrogen (secondary N) is 2. The molecule has 0 bridgehead atoms. The van der Waals surface area contributed by atoms with E-state index in [4.69, 9.17) is 33.2 Å². The second kappa shape index (κ2) is 9.56. The molecule has 2 aromatic heterocycles. The van der Waals surface area contributed by atoms with Gasteiger partial charge in [-0.05, 0) is 44.0 Å². The van der Waals surface area contributed by atoms with Gasteiger partial charge < -0.3 is 20.4 Å². The number of carbonyl (C=O) groups excluding carboxylic acids is 1. The second-order valence-electron chi connectivity index (χ2n) is 8.90. The number of amides is 1. The lowest BCUT2D eigenvalue weighted by atomic mass is 10.1. The van der Waals surface area contributed by atoms with Crippen LogP contribution in [0.25, 0.3) is 11.0 Å². The molecular formula is C23H28Cl2N8O. The maximum absolute atomic E-state index is 12.8. The zero-order chi connectivity index (χ0) is 23.8. The predicted molar refractivity (Wildman–Crippen MR) is 135 cm³/mol. The number of hydrogen-bond donors (Lipinski definition) is 2. The lowest BCUT2D eigenvalue weighted by Gasteiger charge is -2.36. The van der Waals surface area contributed by atoms with Crippen molar-refractivity contribution in [2.75, 3.05) is 42.9 Å². The molecule has 1 amide bonds. The molecule has 0 unspecified atom stereocenters. The summed E-state index contributed by atoms with van der Waals surface area (Å²) in [6.45, 7) is 5.62. The quantitative estimate of drug-likeness (QED) is 0.553. The molecule has 180 valence electrons. The van der Waals surface area contributed by atoms with E-state index in [-0.39, 0.29) is 18.0 Å². The summed E-state index contributed by atoms with van der Waals surface area (Å²) >= 11 is 12.5. The first-order valence-corrected chi connectivity index (χ1v) is 12.3. The Bertz CT molecular complexity index is 1200. The Kier molecular flexibility index (Phi) is 6.50. The van der Waals surface area contributed by atoms with Crippen molar-refractivity contribution in [3.8, 4) is 0 Å². The Morgan fingerprint density at radius 3 is 2.71 bits per heavy atom. The number of nitrogens with zero attached hydrogens (tertiary/aromatic N) is 6. The Morgan fingerprint density at radius 1 is 1.21 bits per heavy atom. The molecule has 5 rings (SSSR count). The summed E-state index contributed by atoms with van der Waals surface area (Å²) in [6.07, 6.45) is 3.87. The summed E-state index contributed by atoms with van der Waals surface area (Å²) in [7, 11) is 1.87. The maximum atomic E-state index is 12.8. The number of aryl methyl sites for hydroxylation is 1. The van der Waals surface area contributed by atoms with Crippen LogP contribution in [0.3, 0.4) is 0 Å². The smallest absolute Gasteiger partial charge is 0.239 e. The third-order valence-corrected chi connectivity index (χ3v) is 7.04. The van der Waals surface area contributed by atoms with Gasteiger partial charge >= 0.3 is 0 Å². The van der Waals surface area contributed by atoms with Crippen molar-refractivity contribution in [1.82, 2.24) is 30.0 Å².